The second-order valence-corrected chi connectivity index (χ2v) is 14.6. The van der Waals surface area contributed by atoms with Gasteiger partial charge in [-0.25, -0.2) is 4.57 Å². The predicted molar refractivity (Wildman–Crippen MR) is 160 cm³/mol. The van der Waals surface area contributed by atoms with Crippen molar-refractivity contribution >= 4 is 18.6 Å². The zero-order valence-electron chi connectivity index (χ0n) is 24.4. The van der Waals surface area contributed by atoms with Crippen molar-refractivity contribution in [2.45, 2.75) is 85.0 Å². The molecule has 1 fully saturated rings. The largest absolute Gasteiger partial charge is 0.463 e. The van der Waals surface area contributed by atoms with E-state index in [2.05, 4.69) is 40.7 Å². The van der Waals surface area contributed by atoms with Gasteiger partial charge in [0.05, 0.1) is 10.2 Å². The number of para-hydroxylation sites is 1. The van der Waals surface area contributed by atoms with Crippen molar-refractivity contribution < 1.29 is 18.5 Å². The molecule has 0 aliphatic heterocycles. The molecule has 1 saturated carbocycles. The molecule has 3 aromatic carbocycles. The van der Waals surface area contributed by atoms with Crippen molar-refractivity contribution in [1.29, 1.82) is 0 Å². The maximum absolute atomic E-state index is 14.7. The lowest BCUT2D eigenvalue weighted by molar-refractivity contribution is -0.385. The highest BCUT2D eigenvalue weighted by molar-refractivity contribution is 7.63. The van der Waals surface area contributed by atoms with Gasteiger partial charge < -0.3 is 9.05 Å². The first kappa shape index (κ1) is 28.4. The van der Waals surface area contributed by atoms with E-state index in [1.54, 1.807) is 43.3 Å². The SMILES string of the molecule is Cc1cccc([N+](=O)[O-])c1O[P@@](=O)(Oc1ccc2c(c1C(C)C)CCC1C(C)(C)CCC[C@@]21C)c1ccccc1. The van der Waals surface area contributed by atoms with E-state index in [4.69, 9.17) is 9.05 Å². The third-order valence-electron chi connectivity index (χ3n) is 9.31. The molecule has 7 heteroatoms. The van der Waals surface area contributed by atoms with E-state index in [0.29, 0.717) is 22.5 Å². The Labute approximate surface area is 237 Å². The Kier molecular flexibility index (Phi) is 7.37. The van der Waals surface area contributed by atoms with Crippen LogP contribution < -0.4 is 14.4 Å². The summed E-state index contributed by atoms with van der Waals surface area (Å²) in [7, 11) is -4.08. The minimum atomic E-state index is -4.08. The molecule has 0 saturated heterocycles. The van der Waals surface area contributed by atoms with Gasteiger partial charge in [0.25, 0.3) is 0 Å². The van der Waals surface area contributed by atoms with E-state index in [1.165, 1.54) is 30.0 Å². The van der Waals surface area contributed by atoms with Crippen molar-refractivity contribution in [1.82, 2.24) is 0 Å². The highest BCUT2D eigenvalue weighted by Crippen LogP contribution is 2.59. The van der Waals surface area contributed by atoms with Crippen molar-refractivity contribution in [2.75, 3.05) is 0 Å². The highest BCUT2D eigenvalue weighted by atomic mass is 31.2. The average molecular weight is 562 g/mol. The second kappa shape index (κ2) is 10.4. The Morgan fingerprint density at radius 2 is 1.70 bits per heavy atom. The lowest BCUT2D eigenvalue weighted by Crippen LogP contribution is -2.48. The summed E-state index contributed by atoms with van der Waals surface area (Å²) in [6, 6.07) is 17.5. The molecule has 0 N–H and O–H groups in total. The molecule has 5 rings (SSSR count). The smallest absolute Gasteiger partial charge is 0.412 e. The number of hydrogen-bond donors (Lipinski definition) is 0. The third kappa shape index (κ3) is 4.85. The molecule has 3 atom stereocenters. The van der Waals surface area contributed by atoms with E-state index in [-0.39, 0.29) is 28.2 Å². The molecular formula is C33H40NO5P. The van der Waals surface area contributed by atoms with E-state index in [1.807, 2.05) is 12.1 Å². The summed E-state index contributed by atoms with van der Waals surface area (Å²) >= 11 is 0. The Morgan fingerprint density at radius 3 is 2.38 bits per heavy atom. The van der Waals surface area contributed by atoms with Crippen LogP contribution in [-0.4, -0.2) is 4.92 Å². The molecular weight excluding hydrogens is 521 g/mol. The maximum atomic E-state index is 14.7. The van der Waals surface area contributed by atoms with Gasteiger partial charge in [-0.3, -0.25) is 10.1 Å². The third-order valence-corrected chi connectivity index (χ3v) is 11.1. The van der Waals surface area contributed by atoms with Crippen LogP contribution in [0.25, 0.3) is 0 Å². The van der Waals surface area contributed by atoms with Gasteiger partial charge >= 0.3 is 13.3 Å². The van der Waals surface area contributed by atoms with Crippen LogP contribution in [0.3, 0.4) is 0 Å². The fourth-order valence-electron chi connectivity index (χ4n) is 7.49. The van der Waals surface area contributed by atoms with Crippen LogP contribution in [0.5, 0.6) is 11.5 Å². The van der Waals surface area contributed by atoms with Crippen molar-refractivity contribution in [3.63, 3.8) is 0 Å². The summed E-state index contributed by atoms with van der Waals surface area (Å²) in [5, 5.41) is 12.2. The van der Waals surface area contributed by atoms with Gasteiger partial charge in [0.15, 0.2) is 0 Å². The lowest BCUT2D eigenvalue weighted by Gasteiger charge is -2.54. The summed E-state index contributed by atoms with van der Waals surface area (Å²) in [6.45, 7) is 13.2. The molecule has 0 bridgehead atoms. The standard InChI is InChI=1S/C33H40NO5P/c1-22(2)30-25-16-19-29-32(4,5)20-11-21-33(29,6)26(25)17-18-28(30)38-40(37,24-13-8-7-9-14-24)39-31-23(3)12-10-15-27(31)34(35)36/h7-10,12-15,17-18,22,29H,11,16,19-21H2,1-6H3/t29?,33-,40-/m0/s1. The molecule has 6 nitrogen and oxygen atoms in total. The Morgan fingerprint density at radius 1 is 0.975 bits per heavy atom. The maximum Gasteiger partial charge on any atom is 0.463 e. The topological polar surface area (TPSA) is 78.7 Å². The Bertz CT molecular complexity index is 1480. The van der Waals surface area contributed by atoms with Crippen LogP contribution in [0.2, 0.25) is 0 Å². The molecule has 3 aromatic rings. The molecule has 2 aliphatic carbocycles. The Hall–Kier alpha value is -3.11. The summed E-state index contributed by atoms with van der Waals surface area (Å²) in [5.41, 5.74) is 4.38. The predicted octanol–water partition coefficient (Wildman–Crippen LogP) is 9.03. The van der Waals surface area contributed by atoms with Crippen LogP contribution in [-0.2, 0) is 16.4 Å². The van der Waals surface area contributed by atoms with Crippen molar-refractivity contribution in [3.8, 4) is 11.5 Å². The second-order valence-electron chi connectivity index (χ2n) is 12.7. The van der Waals surface area contributed by atoms with Crippen molar-refractivity contribution in [3.05, 3.63) is 93.0 Å². The summed E-state index contributed by atoms with van der Waals surface area (Å²) in [6.07, 6.45) is 5.68. The molecule has 0 spiro atoms. The number of benzene rings is 3. The minimum absolute atomic E-state index is 0.0384. The number of rotatable bonds is 7. The molecule has 0 heterocycles. The number of nitro benzene ring substituents is 1. The fourth-order valence-corrected chi connectivity index (χ4v) is 9.17. The van der Waals surface area contributed by atoms with Crippen molar-refractivity contribution in [2.24, 2.45) is 11.3 Å². The molecule has 0 amide bonds. The Balaban J connectivity index is 1.63. The lowest BCUT2D eigenvalue weighted by atomic mass is 9.50. The summed E-state index contributed by atoms with van der Waals surface area (Å²) < 4.78 is 27.3. The van der Waals surface area contributed by atoms with Crippen LogP contribution in [0, 0.1) is 28.4 Å². The zero-order valence-corrected chi connectivity index (χ0v) is 25.3. The van der Waals surface area contributed by atoms with E-state index >= 15 is 0 Å². The average Bonchev–Trinajstić information content (AvgIpc) is 2.89. The molecule has 40 heavy (non-hydrogen) atoms. The first-order chi connectivity index (χ1) is 18.9. The number of nitrogens with zero attached hydrogens (tertiary/aromatic N) is 1. The molecule has 1 unspecified atom stereocenters. The monoisotopic (exact) mass is 561 g/mol. The quantitative estimate of drug-likeness (QED) is 0.163. The van der Waals surface area contributed by atoms with Gasteiger partial charge in [-0.1, -0.05) is 77.4 Å². The fraction of sp³-hybridized carbons (Fsp3) is 0.455. The van der Waals surface area contributed by atoms with E-state index < -0.39 is 12.5 Å². The number of fused-ring (bicyclic) bond motifs is 3. The first-order valence-electron chi connectivity index (χ1n) is 14.3. The van der Waals surface area contributed by atoms with Gasteiger partial charge in [0, 0.05) is 11.6 Å². The number of nitro groups is 1. The minimum Gasteiger partial charge on any atom is -0.412 e. The van der Waals surface area contributed by atoms with Gasteiger partial charge in [0.2, 0.25) is 5.75 Å². The van der Waals surface area contributed by atoms with Gasteiger partial charge in [0.1, 0.15) is 5.75 Å². The van der Waals surface area contributed by atoms with Gasteiger partial charge in [-0.05, 0) is 90.2 Å². The number of aryl methyl sites for hydroxylation is 1. The van der Waals surface area contributed by atoms with Crippen LogP contribution in [0.1, 0.15) is 88.5 Å². The summed E-state index contributed by atoms with van der Waals surface area (Å²) in [4.78, 5) is 11.3. The van der Waals surface area contributed by atoms with Crippen LogP contribution in [0.15, 0.2) is 60.7 Å². The zero-order chi connectivity index (χ0) is 28.9. The highest BCUT2D eigenvalue weighted by Gasteiger charge is 2.50. The van der Waals surface area contributed by atoms with Crippen LogP contribution >= 0.6 is 7.60 Å². The van der Waals surface area contributed by atoms with E-state index in [9.17, 15) is 14.7 Å². The first-order valence-corrected chi connectivity index (χ1v) is 15.9. The molecule has 2 aliphatic rings. The van der Waals surface area contributed by atoms with Gasteiger partial charge in [-0.2, -0.15) is 0 Å². The number of hydrogen-bond acceptors (Lipinski definition) is 5. The van der Waals surface area contributed by atoms with Gasteiger partial charge in [-0.15, -0.1) is 0 Å². The molecule has 212 valence electrons. The molecule has 0 aromatic heterocycles. The van der Waals surface area contributed by atoms with E-state index in [0.717, 1.165) is 24.8 Å². The normalized spacial score (nSPS) is 23.0. The summed E-state index contributed by atoms with van der Waals surface area (Å²) in [5.74, 6) is 1.21. The molecule has 0 radical (unpaired) electrons. The van der Waals surface area contributed by atoms with Crippen LogP contribution in [0.4, 0.5) is 5.69 Å².